The van der Waals surface area contributed by atoms with Gasteiger partial charge in [0.05, 0.1) is 17.4 Å². The molecule has 0 radical (unpaired) electrons. The Kier molecular flexibility index (Phi) is 1.79. The molecule has 1 saturated heterocycles. The highest BCUT2D eigenvalue weighted by atomic mass is 16.3. The van der Waals surface area contributed by atoms with Crippen LogP contribution in [0, 0.1) is 10.8 Å². The molecule has 12 heavy (non-hydrogen) atoms. The first-order valence-corrected chi connectivity index (χ1v) is 4.53. The van der Waals surface area contributed by atoms with Gasteiger partial charge in [0.1, 0.15) is 0 Å². The third-order valence-corrected chi connectivity index (χ3v) is 3.21. The van der Waals surface area contributed by atoms with Gasteiger partial charge in [0.15, 0.2) is 0 Å². The molecule has 2 rings (SSSR count). The van der Waals surface area contributed by atoms with Gasteiger partial charge in [0.2, 0.25) is 0 Å². The highest BCUT2D eigenvalue weighted by molar-refractivity contribution is 4.98. The van der Waals surface area contributed by atoms with E-state index in [-0.39, 0.29) is 18.2 Å². The first-order chi connectivity index (χ1) is 5.74. The lowest BCUT2D eigenvalue weighted by Gasteiger charge is -2.23. The average Bonchev–Trinajstić information content (AvgIpc) is 2.52. The molecule has 68 valence electrons. The van der Waals surface area contributed by atoms with Crippen LogP contribution in [-0.4, -0.2) is 28.3 Å². The van der Waals surface area contributed by atoms with Gasteiger partial charge < -0.3 is 5.11 Å². The highest BCUT2D eigenvalue weighted by Crippen LogP contribution is 2.41. The van der Waals surface area contributed by atoms with E-state index in [1.807, 2.05) is 6.92 Å². The number of rotatable bonds is 1. The van der Waals surface area contributed by atoms with Crippen LogP contribution in [0.25, 0.3) is 0 Å². The summed E-state index contributed by atoms with van der Waals surface area (Å²) in [7, 11) is 0. The molecule has 1 aliphatic heterocycles. The topological polar surface area (TPSA) is 52.9 Å². The molecule has 1 saturated carbocycles. The van der Waals surface area contributed by atoms with E-state index < -0.39 is 0 Å². The largest absolute Gasteiger partial charge is 0.391 e. The van der Waals surface area contributed by atoms with Crippen molar-refractivity contribution in [2.45, 2.75) is 44.4 Å². The van der Waals surface area contributed by atoms with Crippen molar-refractivity contribution in [2.24, 2.45) is 11.2 Å². The Morgan fingerprint density at radius 2 is 2.25 bits per heavy atom. The van der Waals surface area contributed by atoms with E-state index in [0.717, 1.165) is 19.3 Å². The molecule has 1 N–H and O–H groups in total. The van der Waals surface area contributed by atoms with E-state index in [9.17, 15) is 10.0 Å². The van der Waals surface area contributed by atoms with E-state index in [2.05, 4.69) is 5.29 Å². The molecule has 2 fully saturated rings. The summed E-state index contributed by atoms with van der Waals surface area (Å²) in [5, 5.41) is 14.1. The van der Waals surface area contributed by atoms with Crippen LogP contribution < -0.4 is 0 Å². The molecule has 0 bridgehead atoms. The van der Waals surface area contributed by atoms with Crippen molar-refractivity contribution in [3.05, 3.63) is 4.91 Å². The fraction of sp³-hybridized carbons (Fsp3) is 1.00. The number of fused-ring (bicyclic) bond motifs is 1. The van der Waals surface area contributed by atoms with Crippen LogP contribution in [0.1, 0.15) is 26.2 Å². The van der Waals surface area contributed by atoms with Crippen LogP contribution in [-0.2, 0) is 0 Å². The number of aliphatic hydroxyl groups excluding tert-OH is 1. The lowest BCUT2D eigenvalue weighted by Crippen LogP contribution is -2.37. The van der Waals surface area contributed by atoms with Gasteiger partial charge in [-0.15, -0.1) is 4.91 Å². The van der Waals surface area contributed by atoms with Crippen LogP contribution in [0.5, 0.6) is 0 Å². The van der Waals surface area contributed by atoms with Gasteiger partial charge in [-0.1, -0.05) is 0 Å². The predicted molar refractivity (Wildman–Crippen MR) is 44.2 cm³/mol. The van der Waals surface area contributed by atoms with Gasteiger partial charge in [-0.05, 0) is 32.1 Å². The smallest absolute Gasteiger partial charge is 0.0793 e. The maximum absolute atomic E-state index is 10.5. The number of nitroso groups, excluding NO2 is 1. The number of aliphatic hydroxyl groups is 1. The minimum atomic E-state index is -0.336. The van der Waals surface area contributed by atoms with Gasteiger partial charge >= 0.3 is 0 Å². The van der Waals surface area contributed by atoms with Crippen molar-refractivity contribution in [1.29, 1.82) is 0 Å². The van der Waals surface area contributed by atoms with Gasteiger partial charge in [-0.3, -0.25) is 5.01 Å². The van der Waals surface area contributed by atoms with Crippen LogP contribution in [0.15, 0.2) is 5.29 Å². The number of nitrogens with zero attached hydrogens (tertiary/aromatic N) is 2. The molecule has 0 spiro atoms. The molecular weight excluding hydrogens is 156 g/mol. The van der Waals surface area contributed by atoms with Crippen LogP contribution >= 0.6 is 0 Å². The molecule has 0 amide bonds. The average molecular weight is 170 g/mol. The summed E-state index contributed by atoms with van der Waals surface area (Å²) in [6, 6.07) is 0.227. The zero-order chi connectivity index (χ0) is 8.72. The zero-order valence-corrected chi connectivity index (χ0v) is 7.18. The number of hydrogen-bond acceptors (Lipinski definition) is 3. The van der Waals surface area contributed by atoms with Crippen molar-refractivity contribution < 1.29 is 5.11 Å². The Morgan fingerprint density at radius 3 is 2.92 bits per heavy atom. The maximum Gasteiger partial charge on any atom is 0.0793 e. The molecule has 1 aliphatic carbocycles. The molecule has 4 nitrogen and oxygen atoms in total. The molecule has 4 atom stereocenters. The molecule has 0 unspecified atom stereocenters. The minimum absolute atomic E-state index is 0.0116. The Balaban J connectivity index is 2.17. The second-order valence-electron chi connectivity index (χ2n) is 3.94. The first-order valence-electron chi connectivity index (χ1n) is 4.53. The molecule has 4 heteroatoms. The van der Waals surface area contributed by atoms with E-state index in [0.29, 0.717) is 5.92 Å². The van der Waals surface area contributed by atoms with E-state index in [1.165, 1.54) is 0 Å². The van der Waals surface area contributed by atoms with Crippen LogP contribution in [0.4, 0.5) is 0 Å². The van der Waals surface area contributed by atoms with Gasteiger partial charge in [0, 0.05) is 6.04 Å². The second-order valence-corrected chi connectivity index (χ2v) is 3.94. The van der Waals surface area contributed by atoms with Gasteiger partial charge in [0.25, 0.3) is 0 Å². The Labute approximate surface area is 71.5 Å². The molecule has 1 heterocycles. The summed E-state index contributed by atoms with van der Waals surface area (Å²) < 4.78 is 0. The quantitative estimate of drug-likeness (QED) is 0.595. The van der Waals surface area contributed by atoms with Crippen molar-refractivity contribution in [3.63, 3.8) is 0 Å². The van der Waals surface area contributed by atoms with Crippen LogP contribution in [0.2, 0.25) is 0 Å². The summed E-state index contributed by atoms with van der Waals surface area (Å²) in [5.41, 5.74) is 0. The molecule has 0 aromatic heterocycles. The SMILES string of the molecule is C[C@@H]1C[C@H]2CC[C@@H](O)[C@@H]2N1N=O. The molecule has 0 aromatic carbocycles. The highest BCUT2D eigenvalue weighted by Gasteiger charge is 2.47. The number of hydrogen-bond donors (Lipinski definition) is 1. The second kappa shape index (κ2) is 2.69. The standard InChI is InChI=1S/C8H14N2O2/c1-5-4-6-2-3-7(11)8(6)10(5)9-12/h5-8,11H,2-4H2,1H3/t5-,6-,7-,8-/m1/s1. The van der Waals surface area contributed by atoms with Gasteiger partial charge in [-0.2, -0.15) is 0 Å². The third-order valence-electron chi connectivity index (χ3n) is 3.21. The van der Waals surface area contributed by atoms with E-state index in [1.54, 1.807) is 5.01 Å². The third kappa shape index (κ3) is 0.941. The Hall–Kier alpha value is -0.640. The molecule has 0 aromatic rings. The van der Waals surface area contributed by atoms with Crippen molar-refractivity contribution in [3.8, 4) is 0 Å². The fourth-order valence-electron chi connectivity index (χ4n) is 2.66. The maximum atomic E-state index is 10.5. The Morgan fingerprint density at radius 1 is 1.50 bits per heavy atom. The zero-order valence-electron chi connectivity index (χ0n) is 7.18. The minimum Gasteiger partial charge on any atom is -0.391 e. The summed E-state index contributed by atoms with van der Waals surface area (Å²) >= 11 is 0. The normalized spacial score (nSPS) is 46.3. The van der Waals surface area contributed by atoms with Crippen molar-refractivity contribution in [1.82, 2.24) is 5.01 Å². The summed E-state index contributed by atoms with van der Waals surface area (Å²) in [5.74, 6) is 0.493. The fourth-order valence-corrected chi connectivity index (χ4v) is 2.66. The predicted octanol–water partition coefficient (Wildman–Crippen LogP) is 0.901. The summed E-state index contributed by atoms with van der Waals surface area (Å²) in [4.78, 5) is 10.5. The van der Waals surface area contributed by atoms with E-state index in [4.69, 9.17) is 0 Å². The molecule has 2 aliphatic rings. The molecular formula is C8H14N2O2. The van der Waals surface area contributed by atoms with Gasteiger partial charge in [-0.25, -0.2) is 0 Å². The summed E-state index contributed by atoms with van der Waals surface area (Å²) in [6.45, 7) is 1.99. The van der Waals surface area contributed by atoms with Crippen LogP contribution in [0.3, 0.4) is 0 Å². The Bertz CT molecular complexity index is 197. The lowest BCUT2D eigenvalue weighted by molar-refractivity contribution is 0.0709. The van der Waals surface area contributed by atoms with Crippen molar-refractivity contribution >= 4 is 0 Å². The lowest BCUT2D eigenvalue weighted by atomic mass is 10.0. The summed E-state index contributed by atoms with van der Waals surface area (Å²) in [6.07, 6.45) is 2.54. The van der Waals surface area contributed by atoms with E-state index >= 15 is 0 Å². The first kappa shape index (κ1) is 7.98. The van der Waals surface area contributed by atoms with Crippen molar-refractivity contribution in [2.75, 3.05) is 0 Å². The monoisotopic (exact) mass is 170 g/mol.